The van der Waals surface area contributed by atoms with E-state index in [-0.39, 0.29) is 0 Å². The summed E-state index contributed by atoms with van der Waals surface area (Å²) >= 11 is 0. The summed E-state index contributed by atoms with van der Waals surface area (Å²) in [6.07, 6.45) is 4.12. The van der Waals surface area contributed by atoms with Gasteiger partial charge in [0.15, 0.2) is 11.5 Å². The Balaban J connectivity index is 2.47. The topological polar surface area (TPSA) is 44.8 Å². The van der Waals surface area contributed by atoms with Gasteiger partial charge in [0.25, 0.3) is 0 Å². The summed E-state index contributed by atoms with van der Waals surface area (Å²) in [4.78, 5) is 11.2. The molecule has 0 saturated heterocycles. The molecule has 0 radical (unpaired) electrons. The van der Waals surface area contributed by atoms with Gasteiger partial charge < -0.3 is 14.2 Å². The molecule has 2 aromatic rings. The third-order valence-electron chi connectivity index (χ3n) is 3.41. The van der Waals surface area contributed by atoms with Crippen LogP contribution in [-0.2, 0) is 6.42 Å². The van der Waals surface area contributed by atoms with Gasteiger partial charge in [-0.3, -0.25) is 4.79 Å². The van der Waals surface area contributed by atoms with Gasteiger partial charge in [0.1, 0.15) is 12.0 Å². The lowest BCUT2D eigenvalue weighted by atomic mass is 10.1. The first-order valence-electron chi connectivity index (χ1n) is 7.90. The van der Waals surface area contributed by atoms with Crippen LogP contribution in [0.15, 0.2) is 49.1 Å². The number of para-hydroxylation sites is 1. The Hall–Kier alpha value is -2.75. The van der Waals surface area contributed by atoms with Crippen molar-refractivity contribution < 1.29 is 19.0 Å². The molecule has 0 aliphatic heterocycles. The minimum absolute atomic E-state index is 0.460. The van der Waals surface area contributed by atoms with Crippen molar-refractivity contribution >= 4 is 6.29 Å². The number of ether oxygens (including phenoxy) is 3. The van der Waals surface area contributed by atoms with Crippen molar-refractivity contribution in [1.82, 2.24) is 0 Å². The minimum Gasteiger partial charge on any atom is -0.493 e. The van der Waals surface area contributed by atoms with E-state index in [0.29, 0.717) is 41.6 Å². The number of hydrogen-bond donors (Lipinski definition) is 0. The molecule has 0 fully saturated rings. The van der Waals surface area contributed by atoms with Crippen molar-refractivity contribution in [2.45, 2.75) is 19.8 Å². The zero-order valence-corrected chi connectivity index (χ0v) is 14.1. The number of allylic oxidation sites excluding steroid dienone is 1. The highest BCUT2D eigenvalue weighted by atomic mass is 16.5. The molecule has 0 aliphatic carbocycles. The number of methoxy groups -OCH3 is 1. The molecule has 0 aliphatic rings. The van der Waals surface area contributed by atoms with Crippen LogP contribution >= 0.6 is 0 Å². The van der Waals surface area contributed by atoms with Crippen LogP contribution in [0.4, 0.5) is 0 Å². The molecule has 0 spiro atoms. The van der Waals surface area contributed by atoms with Crippen LogP contribution in [0.5, 0.6) is 23.0 Å². The van der Waals surface area contributed by atoms with Gasteiger partial charge in [-0.1, -0.05) is 31.2 Å². The molecule has 24 heavy (non-hydrogen) atoms. The number of hydrogen-bond acceptors (Lipinski definition) is 4. The van der Waals surface area contributed by atoms with Crippen molar-refractivity contribution in [3.8, 4) is 23.0 Å². The molecule has 4 heteroatoms. The first kappa shape index (κ1) is 17.6. The second kappa shape index (κ2) is 8.77. The van der Waals surface area contributed by atoms with E-state index in [9.17, 15) is 4.79 Å². The molecule has 0 atom stereocenters. The SMILES string of the molecule is C=CCc1ccccc1Oc1cc(C=O)cc(OC)c1OCCC. The highest BCUT2D eigenvalue weighted by Crippen LogP contribution is 2.41. The highest BCUT2D eigenvalue weighted by molar-refractivity contribution is 5.78. The van der Waals surface area contributed by atoms with Gasteiger partial charge in [0.05, 0.1) is 13.7 Å². The third-order valence-corrected chi connectivity index (χ3v) is 3.41. The predicted octanol–water partition coefficient (Wildman–Crippen LogP) is 4.82. The fourth-order valence-corrected chi connectivity index (χ4v) is 2.28. The van der Waals surface area contributed by atoms with Gasteiger partial charge in [-0.05, 0) is 36.6 Å². The highest BCUT2D eigenvalue weighted by Gasteiger charge is 2.16. The molecule has 0 aromatic heterocycles. The van der Waals surface area contributed by atoms with E-state index in [1.165, 1.54) is 7.11 Å². The summed E-state index contributed by atoms with van der Waals surface area (Å²) in [7, 11) is 1.54. The summed E-state index contributed by atoms with van der Waals surface area (Å²) in [5.74, 6) is 2.13. The van der Waals surface area contributed by atoms with Crippen LogP contribution in [0.25, 0.3) is 0 Å². The van der Waals surface area contributed by atoms with Gasteiger partial charge >= 0.3 is 0 Å². The number of rotatable bonds is 9. The Labute approximate surface area is 142 Å². The van der Waals surface area contributed by atoms with Crippen LogP contribution < -0.4 is 14.2 Å². The summed E-state index contributed by atoms with van der Waals surface area (Å²) < 4.78 is 17.2. The first-order chi connectivity index (χ1) is 11.7. The van der Waals surface area contributed by atoms with Crippen molar-refractivity contribution in [3.05, 3.63) is 60.2 Å². The number of carbonyl (C=O) groups is 1. The van der Waals surface area contributed by atoms with Crippen LogP contribution in [0.1, 0.15) is 29.3 Å². The quantitative estimate of drug-likeness (QED) is 0.489. The molecular formula is C20H22O4. The summed E-state index contributed by atoms with van der Waals surface area (Å²) in [6.45, 7) is 6.32. The van der Waals surface area contributed by atoms with Gasteiger partial charge in [-0.15, -0.1) is 6.58 Å². The van der Waals surface area contributed by atoms with Crippen LogP contribution in [0.3, 0.4) is 0 Å². The Kier molecular flexibility index (Phi) is 6.43. The zero-order valence-electron chi connectivity index (χ0n) is 14.1. The average molecular weight is 326 g/mol. The summed E-state index contributed by atoms with van der Waals surface area (Å²) in [5.41, 5.74) is 1.47. The normalized spacial score (nSPS) is 10.1. The Morgan fingerprint density at radius 2 is 1.88 bits per heavy atom. The Morgan fingerprint density at radius 3 is 2.54 bits per heavy atom. The molecule has 0 amide bonds. The first-order valence-corrected chi connectivity index (χ1v) is 7.90. The maximum atomic E-state index is 11.2. The number of benzene rings is 2. The van der Waals surface area contributed by atoms with Crippen LogP contribution in [-0.4, -0.2) is 20.0 Å². The van der Waals surface area contributed by atoms with E-state index in [4.69, 9.17) is 14.2 Å². The standard InChI is InChI=1S/C20H22O4/c1-4-8-16-9-6-7-10-17(16)24-19-13-15(14-21)12-18(22-3)20(19)23-11-5-2/h4,6-7,9-10,12-14H,1,5,8,11H2,2-3H3. The lowest BCUT2D eigenvalue weighted by molar-refractivity contribution is 0.112. The second-order valence-electron chi connectivity index (χ2n) is 5.22. The smallest absolute Gasteiger partial charge is 0.204 e. The Morgan fingerprint density at radius 1 is 1.12 bits per heavy atom. The fourth-order valence-electron chi connectivity index (χ4n) is 2.28. The molecule has 0 heterocycles. The molecule has 4 nitrogen and oxygen atoms in total. The minimum atomic E-state index is 0.460. The molecule has 126 valence electrons. The van der Waals surface area contributed by atoms with Crippen molar-refractivity contribution in [3.63, 3.8) is 0 Å². The van der Waals surface area contributed by atoms with Gasteiger partial charge in [0, 0.05) is 5.56 Å². The second-order valence-corrected chi connectivity index (χ2v) is 5.22. The van der Waals surface area contributed by atoms with E-state index in [0.717, 1.165) is 18.3 Å². The molecule has 0 bridgehead atoms. The van der Waals surface area contributed by atoms with E-state index in [2.05, 4.69) is 6.58 Å². The van der Waals surface area contributed by atoms with E-state index >= 15 is 0 Å². The van der Waals surface area contributed by atoms with Gasteiger partial charge in [0.2, 0.25) is 5.75 Å². The largest absolute Gasteiger partial charge is 0.493 e. The zero-order chi connectivity index (χ0) is 17.4. The van der Waals surface area contributed by atoms with E-state index < -0.39 is 0 Å². The number of carbonyl (C=O) groups excluding carboxylic acids is 1. The molecule has 2 aromatic carbocycles. The van der Waals surface area contributed by atoms with Crippen molar-refractivity contribution in [2.24, 2.45) is 0 Å². The maximum absolute atomic E-state index is 11.2. The number of aldehydes is 1. The summed E-state index contributed by atoms with van der Waals surface area (Å²) in [6, 6.07) is 11.0. The van der Waals surface area contributed by atoms with Crippen LogP contribution in [0, 0.1) is 0 Å². The molecular weight excluding hydrogens is 304 g/mol. The van der Waals surface area contributed by atoms with Gasteiger partial charge in [-0.25, -0.2) is 0 Å². The lowest BCUT2D eigenvalue weighted by Crippen LogP contribution is -2.02. The fraction of sp³-hybridized carbons (Fsp3) is 0.250. The third kappa shape index (κ3) is 4.16. The Bertz CT molecular complexity index is 707. The predicted molar refractivity (Wildman–Crippen MR) is 94.6 cm³/mol. The average Bonchev–Trinajstić information content (AvgIpc) is 2.61. The van der Waals surface area contributed by atoms with E-state index in [1.54, 1.807) is 12.1 Å². The maximum Gasteiger partial charge on any atom is 0.204 e. The van der Waals surface area contributed by atoms with Crippen LogP contribution in [0.2, 0.25) is 0 Å². The summed E-state index contributed by atoms with van der Waals surface area (Å²) in [5, 5.41) is 0. The molecule has 0 saturated carbocycles. The molecule has 0 N–H and O–H groups in total. The van der Waals surface area contributed by atoms with Crippen molar-refractivity contribution in [2.75, 3.05) is 13.7 Å². The monoisotopic (exact) mass is 326 g/mol. The van der Waals surface area contributed by atoms with E-state index in [1.807, 2.05) is 37.3 Å². The molecule has 0 unspecified atom stereocenters. The van der Waals surface area contributed by atoms with Crippen molar-refractivity contribution in [1.29, 1.82) is 0 Å². The lowest BCUT2D eigenvalue weighted by Gasteiger charge is -2.17. The molecule has 2 rings (SSSR count). The van der Waals surface area contributed by atoms with Gasteiger partial charge in [-0.2, -0.15) is 0 Å².